The number of nitrogens with zero attached hydrogens (tertiary/aromatic N) is 1. The standard InChI is InChI=1S/C8H11N3S2/c9-8(10)13-6-5-12-7-3-1-2-4-11-7/h1-4H,5-6H2,(H3,9,10). The molecule has 5 heteroatoms. The molecule has 0 aromatic carbocycles. The van der Waals surface area contributed by atoms with E-state index >= 15 is 0 Å². The van der Waals surface area contributed by atoms with Crippen molar-refractivity contribution in [2.24, 2.45) is 5.73 Å². The van der Waals surface area contributed by atoms with Crippen molar-refractivity contribution in [3.05, 3.63) is 24.4 Å². The van der Waals surface area contributed by atoms with Crippen LogP contribution in [0.25, 0.3) is 0 Å². The molecule has 3 nitrogen and oxygen atoms in total. The molecule has 0 fully saturated rings. The van der Waals surface area contributed by atoms with Crippen LogP contribution in [0.1, 0.15) is 0 Å². The van der Waals surface area contributed by atoms with Gasteiger partial charge >= 0.3 is 0 Å². The SMILES string of the molecule is N=C(N)SCCSc1ccccn1. The maximum atomic E-state index is 6.99. The van der Waals surface area contributed by atoms with Gasteiger partial charge in [-0.25, -0.2) is 4.98 Å². The molecule has 0 aliphatic carbocycles. The van der Waals surface area contributed by atoms with E-state index in [4.69, 9.17) is 11.1 Å². The minimum absolute atomic E-state index is 0.182. The Labute approximate surface area is 86.0 Å². The molecule has 70 valence electrons. The Hall–Kier alpha value is -0.680. The molecule has 0 saturated heterocycles. The number of amidine groups is 1. The van der Waals surface area contributed by atoms with Gasteiger partial charge in [-0.05, 0) is 12.1 Å². The number of hydrogen-bond donors (Lipinski definition) is 2. The molecule has 1 heterocycles. The van der Waals surface area contributed by atoms with Crippen molar-refractivity contribution in [1.29, 1.82) is 5.41 Å². The van der Waals surface area contributed by atoms with Crippen molar-refractivity contribution >= 4 is 28.7 Å². The normalized spacial score (nSPS) is 9.85. The molecule has 0 aliphatic heterocycles. The number of aromatic nitrogens is 1. The summed E-state index contributed by atoms with van der Waals surface area (Å²) in [5.41, 5.74) is 5.19. The minimum atomic E-state index is 0.182. The maximum absolute atomic E-state index is 6.99. The van der Waals surface area contributed by atoms with Crippen LogP contribution in [-0.4, -0.2) is 21.7 Å². The van der Waals surface area contributed by atoms with Crippen molar-refractivity contribution in [3.63, 3.8) is 0 Å². The second-order valence-electron chi connectivity index (χ2n) is 2.23. The van der Waals surface area contributed by atoms with Crippen LogP contribution in [0, 0.1) is 5.41 Å². The summed E-state index contributed by atoms with van der Waals surface area (Å²) in [6.45, 7) is 0. The summed E-state index contributed by atoms with van der Waals surface area (Å²) in [6, 6.07) is 5.84. The highest BCUT2D eigenvalue weighted by Crippen LogP contribution is 2.15. The largest absolute Gasteiger partial charge is 0.379 e. The van der Waals surface area contributed by atoms with Crippen molar-refractivity contribution in [2.75, 3.05) is 11.5 Å². The van der Waals surface area contributed by atoms with Gasteiger partial charge in [0.05, 0.1) is 5.03 Å². The van der Waals surface area contributed by atoms with Crippen molar-refractivity contribution in [3.8, 4) is 0 Å². The lowest BCUT2D eigenvalue weighted by atomic mass is 10.5. The third-order valence-corrected chi connectivity index (χ3v) is 3.15. The number of nitrogens with one attached hydrogen (secondary N) is 1. The van der Waals surface area contributed by atoms with E-state index in [-0.39, 0.29) is 5.17 Å². The molecule has 0 saturated carbocycles. The van der Waals surface area contributed by atoms with Gasteiger partial charge in [0.1, 0.15) is 0 Å². The quantitative estimate of drug-likeness (QED) is 0.346. The highest BCUT2D eigenvalue weighted by atomic mass is 32.2. The predicted molar refractivity (Wildman–Crippen MR) is 59.3 cm³/mol. The first-order chi connectivity index (χ1) is 6.29. The Morgan fingerprint density at radius 2 is 2.31 bits per heavy atom. The predicted octanol–water partition coefficient (Wildman–Crippen LogP) is 1.80. The molecular formula is C8H11N3S2. The van der Waals surface area contributed by atoms with Crippen LogP contribution in [0.2, 0.25) is 0 Å². The van der Waals surface area contributed by atoms with Gasteiger partial charge in [-0.2, -0.15) is 0 Å². The van der Waals surface area contributed by atoms with Crippen LogP contribution in [0.5, 0.6) is 0 Å². The summed E-state index contributed by atoms with van der Waals surface area (Å²) < 4.78 is 0. The van der Waals surface area contributed by atoms with Gasteiger partial charge in [-0.1, -0.05) is 17.8 Å². The van der Waals surface area contributed by atoms with E-state index in [1.54, 1.807) is 18.0 Å². The fraction of sp³-hybridized carbons (Fsp3) is 0.250. The Morgan fingerprint density at radius 1 is 1.46 bits per heavy atom. The van der Waals surface area contributed by atoms with Gasteiger partial charge in [0.2, 0.25) is 0 Å². The van der Waals surface area contributed by atoms with Crippen LogP contribution in [0.4, 0.5) is 0 Å². The fourth-order valence-corrected chi connectivity index (χ4v) is 2.14. The molecule has 3 N–H and O–H groups in total. The average molecular weight is 213 g/mol. The first-order valence-electron chi connectivity index (χ1n) is 3.79. The highest BCUT2D eigenvalue weighted by Gasteiger charge is 1.95. The van der Waals surface area contributed by atoms with Crippen molar-refractivity contribution in [2.45, 2.75) is 5.03 Å². The molecule has 0 aliphatic rings. The van der Waals surface area contributed by atoms with Crippen LogP contribution < -0.4 is 5.73 Å². The molecule has 1 rings (SSSR count). The summed E-state index contributed by atoms with van der Waals surface area (Å²) in [5, 5.41) is 8.20. The number of pyridine rings is 1. The van der Waals surface area contributed by atoms with Gasteiger partial charge in [-0.15, -0.1) is 11.8 Å². The van der Waals surface area contributed by atoms with Crippen LogP contribution in [0.15, 0.2) is 29.4 Å². The van der Waals surface area contributed by atoms with E-state index in [0.29, 0.717) is 0 Å². The zero-order valence-electron chi connectivity index (χ0n) is 7.06. The van der Waals surface area contributed by atoms with Crippen molar-refractivity contribution < 1.29 is 0 Å². The molecule has 1 aromatic heterocycles. The summed E-state index contributed by atoms with van der Waals surface area (Å²) in [7, 11) is 0. The Morgan fingerprint density at radius 3 is 2.92 bits per heavy atom. The van der Waals surface area contributed by atoms with Gasteiger partial charge in [0, 0.05) is 17.7 Å². The molecule has 0 bridgehead atoms. The Bertz CT molecular complexity index is 263. The minimum Gasteiger partial charge on any atom is -0.379 e. The molecule has 0 spiro atoms. The van der Waals surface area contributed by atoms with E-state index in [0.717, 1.165) is 16.5 Å². The van der Waals surface area contributed by atoms with Gasteiger partial charge in [0.25, 0.3) is 0 Å². The number of thioether (sulfide) groups is 2. The number of nitrogens with two attached hydrogens (primary N) is 1. The van der Waals surface area contributed by atoms with Gasteiger partial charge < -0.3 is 5.73 Å². The third kappa shape index (κ3) is 4.80. The summed E-state index contributed by atoms with van der Waals surface area (Å²) in [4.78, 5) is 4.16. The van der Waals surface area contributed by atoms with Crippen LogP contribution >= 0.6 is 23.5 Å². The zero-order valence-corrected chi connectivity index (χ0v) is 8.70. The summed E-state index contributed by atoms with van der Waals surface area (Å²) in [6.07, 6.45) is 1.78. The highest BCUT2D eigenvalue weighted by molar-refractivity contribution is 8.14. The molecule has 1 aromatic rings. The third-order valence-electron chi connectivity index (χ3n) is 1.23. The van der Waals surface area contributed by atoms with E-state index < -0.39 is 0 Å². The lowest BCUT2D eigenvalue weighted by Crippen LogP contribution is -2.05. The topological polar surface area (TPSA) is 62.8 Å². The number of rotatable bonds is 4. The Kier molecular flexibility index (Phi) is 4.70. The lowest BCUT2D eigenvalue weighted by molar-refractivity contribution is 1.13. The molecule has 0 radical (unpaired) electrons. The molecule has 0 atom stereocenters. The van der Waals surface area contributed by atoms with Gasteiger partial charge in [-0.3, -0.25) is 5.41 Å². The number of hydrogen-bond acceptors (Lipinski definition) is 4. The Balaban J connectivity index is 2.17. The van der Waals surface area contributed by atoms with Crippen LogP contribution in [-0.2, 0) is 0 Å². The van der Waals surface area contributed by atoms with E-state index in [9.17, 15) is 0 Å². The molecule has 0 unspecified atom stereocenters. The summed E-state index contributed by atoms with van der Waals surface area (Å²) >= 11 is 3.04. The average Bonchev–Trinajstić information content (AvgIpc) is 2.14. The van der Waals surface area contributed by atoms with E-state index in [2.05, 4.69) is 4.98 Å². The monoisotopic (exact) mass is 213 g/mol. The van der Waals surface area contributed by atoms with Crippen molar-refractivity contribution in [1.82, 2.24) is 4.98 Å². The summed E-state index contributed by atoms with van der Waals surface area (Å²) in [5.74, 6) is 1.79. The molecule has 0 amide bonds. The second-order valence-corrected chi connectivity index (χ2v) is 4.48. The molecule has 13 heavy (non-hydrogen) atoms. The maximum Gasteiger partial charge on any atom is 0.151 e. The van der Waals surface area contributed by atoms with E-state index in [1.807, 2.05) is 18.2 Å². The smallest absolute Gasteiger partial charge is 0.151 e. The first kappa shape index (κ1) is 10.4. The van der Waals surface area contributed by atoms with Gasteiger partial charge in [0.15, 0.2) is 5.17 Å². The molecular weight excluding hydrogens is 202 g/mol. The van der Waals surface area contributed by atoms with Crippen LogP contribution in [0.3, 0.4) is 0 Å². The fourth-order valence-electron chi connectivity index (χ4n) is 0.730. The first-order valence-corrected chi connectivity index (χ1v) is 5.77. The zero-order chi connectivity index (χ0) is 9.52. The lowest BCUT2D eigenvalue weighted by Gasteiger charge is -1.98. The second kappa shape index (κ2) is 5.88. The van der Waals surface area contributed by atoms with E-state index in [1.165, 1.54) is 11.8 Å².